The van der Waals surface area contributed by atoms with Crippen molar-refractivity contribution in [1.29, 1.82) is 0 Å². The summed E-state index contributed by atoms with van der Waals surface area (Å²) in [6, 6.07) is 10.4. The van der Waals surface area contributed by atoms with Crippen molar-refractivity contribution in [3.8, 4) is 0 Å². The second-order valence-electron chi connectivity index (χ2n) is 5.02. The molecule has 92 valence electrons. The molecule has 1 heterocycles. The number of hydrogen-bond acceptors (Lipinski definition) is 2. The van der Waals surface area contributed by atoms with Gasteiger partial charge in [-0.3, -0.25) is 0 Å². The number of benzene rings is 1. The first-order valence-corrected chi connectivity index (χ1v) is 6.64. The van der Waals surface area contributed by atoms with E-state index in [1.54, 1.807) is 0 Å². The Morgan fingerprint density at radius 1 is 1.47 bits per heavy atom. The first-order chi connectivity index (χ1) is 8.16. The summed E-state index contributed by atoms with van der Waals surface area (Å²) in [5.41, 5.74) is 7.12. The Labute approximate surface area is 109 Å². The maximum Gasteiger partial charge on any atom is 0.0816 e. The van der Waals surface area contributed by atoms with Crippen LogP contribution in [0.3, 0.4) is 0 Å². The smallest absolute Gasteiger partial charge is 0.0816 e. The summed E-state index contributed by atoms with van der Waals surface area (Å²) >= 11 is 5.21. The Kier molecular flexibility index (Phi) is 4.13. The van der Waals surface area contributed by atoms with Crippen molar-refractivity contribution in [2.45, 2.75) is 19.3 Å². The molecule has 1 aromatic carbocycles. The van der Waals surface area contributed by atoms with Gasteiger partial charge in [0.05, 0.1) is 4.99 Å². The minimum Gasteiger partial charge on any atom is -0.393 e. The molecule has 2 atom stereocenters. The highest BCUT2D eigenvalue weighted by Crippen LogP contribution is 2.22. The van der Waals surface area contributed by atoms with E-state index in [4.69, 9.17) is 18.0 Å². The molecule has 1 saturated heterocycles. The van der Waals surface area contributed by atoms with Gasteiger partial charge in [0, 0.05) is 19.0 Å². The van der Waals surface area contributed by atoms with Crippen molar-refractivity contribution >= 4 is 17.2 Å². The summed E-state index contributed by atoms with van der Waals surface area (Å²) in [6.45, 7) is 5.61. The molecule has 0 aliphatic carbocycles. The zero-order valence-electron chi connectivity index (χ0n) is 10.3. The second kappa shape index (κ2) is 5.61. The van der Waals surface area contributed by atoms with Gasteiger partial charge in [0.25, 0.3) is 0 Å². The molecule has 1 fully saturated rings. The average molecular weight is 248 g/mol. The Morgan fingerprint density at radius 3 is 2.71 bits per heavy atom. The van der Waals surface area contributed by atoms with Gasteiger partial charge in [-0.25, -0.2) is 0 Å². The third-order valence-electron chi connectivity index (χ3n) is 3.49. The van der Waals surface area contributed by atoms with Crippen LogP contribution in [0.4, 0.5) is 0 Å². The second-order valence-corrected chi connectivity index (χ2v) is 5.49. The van der Waals surface area contributed by atoms with Crippen molar-refractivity contribution in [3.05, 3.63) is 35.9 Å². The lowest BCUT2D eigenvalue weighted by Crippen LogP contribution is -2.32. The van der Waals surface area contributed by atoms with Gasteiger partial charge in [-0.15, -0.1) is 0 Å². The summed E-state index contributed by atoms with van der Waals surface area (Å²) in [5.74, 6) is 0.995. The fraction of sp³-hybridized carbons (Fsp3) is 0.500. The molecule has 17 heavy (non-hydrogen) atoms. The van der Waals surface area contributed by atoms with Crippen LogP contribution in [0.5, 0.6) is 0 Å². The lowest BCUT2D eigenvalue weighted by atomic mass is 9.98. The fourth-order valence-corrected chi connectivity index (χ4v) is 2.71. The van der Waals surface area contributed by atoms with Gasteiger partial charge >= 0.3 is 0 Å². The molecule has 2 unspecified atom stereocenters. The number of hydrogen-bond donors (Lipinski definition) is 1. The SMILES string of the molecule is CC1CCN(CC(C(N)=S)c2ccccc2)C1. The summed E-state index contributed by atoms with van der Waals surface area (Å²) in [4.78, 5) is 3.08. The summed E-state index contributed by atoms with van der Waals surface area (Å²) in [7, 11) is 0. The minimum absolute atomic E-state index is 0.191. The van der Waals surface area contributed by atoms with Crippen LogP contribution in [0.25, 0.3) is 0 Å². The predicted octanol–water partition coefficient (Wildman–Crippen LogP) is 2.40. The maximum absolute atomic E-state index is 5.89. The van der Waals surface area contributed by atoms with E-state index >= 15 is 0 Å². The summed E-state index contributed by atoms with van der Waals surface area (Å²) in [5, 5.41) is 0. The van der Waals surface area contributed by atoms with Gasteiger partial charge in [-0.2, -0.15) is 0 Å². The highest BCUT2D eigenvalue weighted by Gasteiger charge is 2.23. The quantitative estimate of drug-likeness (QED) is 0.830. The van der Waals surface area contributed by atoms with Crippen LogP contribution in [0.1, 0.15) is 24.8 Å². The number of nitrogens with two attached hydrogens (primary N) is 1. The summed E-state index contributed by atoms with van der Waals surface area (Å²) in [6.07, 6.45) is 1.29. The van der Waals surface area contributed by atoms with Crippen LogP contribution in [-0.4, -0.2) is 29.5 Å². The van der Waals surface area contributed by atoms with E-state index in [0.717, 1.165) is 12.5 Å². The molecule has 0 aromatic heterocycles. The standard InChI is InChI=1S/C14H20N2S/c1-11-7-8-16(9-11)10-13(14(15)17)12-5-3-2-4-6-12/h2-6,11,13H,7-10H2,1H3,(H2,15,17). The number of likely N-dealkylation sites (tertiary alicyclic amines) is 1. The Bertz CT molecular complexity index is 377. The van der Waals surface area contributed by atoms with Gasteiger partial charge in [-0.1, -0.05) is 49.5 Å². The molecule has 0 amide bonds. The number of thiocarbonyl (C=S) groups is 1. The number of nitrogens with zero attached hydrogens (tertiary/aromatic N) is 1. The van der Waals surface area contributed by atoms with Crippen LogP contribution in [0, 0.1) is 5.92 Å². The van der Waals surface area contributed by atoms with E-state index in [9.17, 15) is 0 Å². The van der Waals surface area contributed by atoms with Crippen molar-refractivity contribution in [1.82, 2.24) is 4.90 Å². The Balaban J connectivity index is 2.06. The molecule has 0 spiro atoms. The Hall–Kier alpha value is -0.930. The normalized spacial score (nSPS) is 22.5. The van der Waals surface area contributed by atoms with Crippen molar-refractivity contribution in [3.63, 3.8) is 0 Å². The van der Waals surface area contributed by atoms with Gasteiger partial charge in [0.1, 0.15) is 0 Å². The minimum atomic E-state index is 0.191. The van der Waals surface area contributed by atoms with Crippen LogP contribution in [0.2, 0.25) is 0 Å². The molecule has 0 saturated carbocycles. The predicted molar refractivity (Wildman–Crippen MR) is 76.2 cm³/mol. The molecule has 1 aromatic rings. The molecule has 2 rings (SSSR count). The summed E-state index contributed by atoms with van der Waals surface area (Å²) < 4.78 is 0. The molecule has 3 heteroatoms. The fourth-order valence-electron chi connectivity index (χ4n) is 2.50. The van der Waals surface area contributed by atoms with Gasteiger partial charge in [-0.05, 0) is 24.4 Å². The van der Waals surface area contributed by atoms with Gasteiger partial charge < -0.3 is 10.6 Å². The highest BCUT2D eigenvalue weighted by atomic mass is 32.1. The van der Waals surface area contributed by atoms with Crippen molar-refractivity contribution in [2.24, 2.45) is 11.7 Å². The third-order valence-corrected chi connectivity index (χ3v) is 3.78. The molecular formula is C14H20N2S. The maximum atomic E-state index is 5.89. The molecule has 1 aliphatic heterocycles. The first-order valence-electron chi connectivity index (χ1n) is 6.23. The first kappa shape index (κ1) is 12.5. The highest BCUT2D eigenvalue weighted by molar-refractivity contribution is 7.80. The van der Waals surface area contributed by atoms with Gasteiger partial charge in [0.15, 0.2) is 0 Å². The van der Waals surface area contributed by atoms with Crippen molar-refractivity contribution in [2.75, 3.05) is 19.6 Å². The largest absolute Gasteiger partial charge is 0.393 e. The number of rotatable bonds is 4. The molecule has 2 nitrogen and oxygen atoms in total. The van der Waals surface area contributed by atoms with E-state index in [1.807, 2.05) is 18.2 Å². The van der Waals surface area contributed by atoms with Crippen LogP contribution < -0.4 is 5.73 Å². The van der Waals surface area contributed by atoms with Crippen molar-refractivity contribution < 1.29 is 0 Å². The zero-order chi connectivity index (χ0) is 12.3. The topological polar surface area (TPSA) is 29.3 Å². The van der Waals surface area contributed by atoms with E-state index in [1.165, 1.54) is 25.1 Å². The van der Waals surface area contributed by atoms with E-state index < -0.39 is 0 Å². The molecule has 2 N–H and O–H groups in total. The van der Waals surface area contributed by atoms with Gasteiger partial charge in [0.2, 0.25) is 0 Å². The Morgan fingerprint density at radius 2 is 2.18 bits per heavy atom. The van der Waals surface area contributed by atoms with E-state index in [2.05, 4.69) is 24.0 Å². The third kappa shape index (κ3) is 3.27. The monoisotopic (exact) mass is 248 g/mol. The average Bonchev–Trinajstić information content (AvgIpc) is 2.73. The lowest BCUT2D eigenvalue weighted by Gasteiger charge is -2.23. The molecular weight excluding hydrogens is 228 g/mol. The lowest BCUT2D eigenvalue weighted by molar-refractivity contribution is 0.324. The zero-order valence-corrected chi connectivity index (χ0v) is 11.1. The molecule has 0 radical (unpaired) electrons. The molecule has 1 aliphatic rings. The molecule has 0 bridgehead atoms. The van der Waals surface area contributed by atoms with E-state index in [-0.39, 0.29) is 5.92 Å². The van der Waals surface area contributed by atoms with Crippen LogP contribution >= 0.6 is 12.2 Å². The van der Waals surface area contributed by atoms with E-state index in [0.29, 0.717) is 4.99 Å². The van der Waals surface area contributed by atoms with Crippen LogP contribution in [0.15, 0.2) is 30.3 Å². The van der Waals surface area contributed by atoms with Crippen LogP contribution in [-0.2, 0) is 0 Å².